The van der Waals surface area contributed by atoms with Gasteiger partial charge in [0.15, 0.2) is 5.78 Å². The topological polar surface area (TPSA) is 65.0 Å². The Labute approximate surface area is 104 Å². The largest absolute Gasteiger partial charge is 0.527 e. The van der Waals surface area contributed by atoms with Crippen molar-refractivity contribution in [2.24, 2.45) is 5.92 Å². The first-order chi connectivity index (χ1) is 8.05. The van der Waals surface area contributed by atoms with Gasteiger partial charge in [0.1, 0.15) is 6.23 Å². The average molecular weight is 262 g/mol. The van der Waals surface area contributed by atoms with Crippen LogP contribution in [0.3, 0.4) is 0 Å². The molecule has 0 heterocycles. The lowest BCUT2D eigenvalue weighted by Gasteiger charge is -2.27. The Morgan fingerprint density at radius 1 is 1.35 bits per heavy atom. The molecule has 5 nitrogen and oxygen atoms in total. The summed E-state index contributed by atoms with van der Waals surface area (Å²) in [4.78, 5) is 11.3. The van der Waals surface area contributed by atoms with Gasteiger partial charge < -0.3 is 18.4 Å². The van der Waals surface area contributed by atoms with E-state index in [2.05, 4.69) is 6.58 Å². The molecule has 100 valence electrons. The molecule has 0 aromatic carbocycles. The molecule has 0 aromatic rings. The van der Waals surface area contributed by atoms with E-state index in [1.165, 1.54) is 6.08 Å². The van der Waals surface area contributed by atoms with E-state index in [1.54, 1.807) is 20.8 Å². The number of carbonyl (C=O) groups is 1. The number of aliphatic hydroxyl groups is 1. The van der Waals surface area contributed by atoms with Gasteiger partial charge in [0.05, 0.1) is 0 Å². The zero-order valence-corrected chi connectivity index (χ0v) is 11.8. The molecule has 0 bridgehead atoms. The Morgan fingerprint density at radius 3 is 2.24 bits per heavy atom. The predicted molar refractivity (Wildman–Crippen MR) is 66.4 cm³/mol. The predicted octanol–water partition coefficient (Wildman–Crippen LogP) is 0.938. The van der Waals surface area contributed by atoms with Crippen LogP contribution in [-0.4, -0.2) is 45.7 Å². The molecular weight excluding hydrogens is 240 g/mol. The Balaban J connectivity index is 4.42. The lowest BCUT2D eigenvalue weighted by molar-refractivity contribution is -0.119. The van der Waals surface area contributed by atoms with Crippen LogP contribution in [0.25, 0.3) is 0 Å². The molecule has 0 fully saturated rings. The minimum atomic E-state index is -3.02. The minimum Gasteiger partial charge on any atom is -0.392 e. The molecule has 6 heteroatoms. The molecule has 0 spiro atoms. The van der Waals surface area contributed by atoms with Crippen LogP contribution >= 0.6 is 0 Å². The molecule has 0 saturated carbocycles. The van der Waals surface area contributed by atoms with Crippen molar-refractivity contribution in [2.75, 3.05) is 26.1 Å². The fourth-order valence-electron chi connectivity index (χ4n) is 1.24. The third-order valence-electron chi connectivity index (χ3n) is 2.16. The second kappa shape index (κ2) is 8.54. The Hall–Kier alpha value is -0.533. The van der Waals surface area contributed by atoms with Crippen molar-refractivity contribution in [3.05, 3.63) is 12.7 Å². The van der Waals surface area contributed by atoms with Gasteiger partial charge in [-0.2, -0.15) is 0 Å². The zero-order chi connectivity index (χ0) is 13.3. The summed E-state index contributed by atoms with van der Waals surface area (Å²) in [5.41, 5.74) is 0. The Morgan fingerprint density at radius 2 is 1.88 bits per heavy atom. The SMILES string of the molecule is C=CC(=O)C(C)CO[Si](CO)(OCC)OCC. The lowest BCUT2D eigenvalue weighted by Crippen LogP contribution is -2.51. The standard InChI is InChI=1S/C11H22O5Si/c1-5-11(13)10(4)8-16-17(9-12,14-6-2)15-7-3/h5,10,12H,1,6-9H2,2-4H3. The van der Waals surface area contributed by atoms with Gasteiger partial charge in [0.2, 0.25) is 0 Å². The normalized spacial score (nSPS) is 13.4. The highest BCUT2D eigenvalue weighted by Gasteiger charge is 2.40. The third-order valence-corrected chi connectivity index (χ3v) is 4.61. The second-order valence-corrected chi connectivity index (χ2v) is 6.07. The van der Waals surface area contributed by atoms with Gasteiger partial charge in [-0.1, -0.05) is 13.5 Å². The summed E-state index contributed by atoms with van der Waals surface area (Å²) in [7, 11) is -3.02. The minimum absolute atomic E-state index is 0.0983. The molecule has 0 aliphatic heterocycles. The first kappa shape index (κ1) is 16.5. The average Bonchev–Trinajstić information content (AvgIpc) is 2.35. The van der Waals surface area contributed by atoms with Crippen LogP contribution in [-0.2, 0) is 18.1 Å². The monoisotopic (exact) mass is 262 g/mol. The number of carbonyl (C=O) groups excluding carboxylic acids is 1. The van der Waals surface area contributed by atoms with Crippen LogP contribution in [0.4, 0.5) is 0 Å². The number of aliphatic hydroxyl groups excluding tert-OH is 1. The van der Waals surface area contributed by atoms with Crippen LogP contribution in [0.1, 0.15) is 20.8 Å². The van der Waals surface area contributed by atoms with Crippen molar-refractivity contribution in [1.29, 1.82) is 0 Å². The smallest absolute Gasteiger partial charge is 0.392 e. The van der Waals surface area contributed by atoms with Gasteiger partial charge in [-0.15, -0.1) is 0 Å². The first-order valence-electron chi connectivity index (χ1n) is 5.74. The van der Waals surface area contributed by atoms with Crippen molar-refractivity contribution in [2.45, 2.75) is 20.8 Å². The summed E-state index contributed by atoms with van der Waals surface area (Å²) in [6.45, 7) is 9.72. The van der Waals surface area contributed by atoms with Crippen LogP contribution < -0.4 is 0 Å². The zero-order valence-electron chi connectivity index (χ0n) is 10.8. The number of allylic oxidation sites excluding steroid dienone is 1. The maximum Gasteiger partial charge on any atom is 0.527 e. The summed E-state index contributed by atoms with van der Waals surface area (Å²) >= 11 is 0. The van der Waals surface area contributed by atoms with Crippen molar-refractivity contribution in [1.82, 2.24) is 0 Å². The lowest BCUT2D eigenvalue weighted by atomic mass is 10.1. The maximum atomic E-state index is 11.3. The van der Waals surface area contributed by atoms with Gasteiger partial charge in [-0.25, -0.2) is 0 Å². The van der Waals surface area contributed by atoms with Gasteiger partial charge >= 0.3 is 8.80 Å². The maximum absolute atomic E-state index is 11.3. The van der Waals surface area contributed by atoms with Crippen molar-refractivity contribution >= 4 is 14.6 Å². The van der Waals surface area contributed by atoms with E-state index >= 15 is 0 Å². The van der Waals surface area contributed by atoms with Crippen molar-refractivity contribution in [3.63, 3.8) is 0 Å². The highest BCUT2D eigenvalue weighted by Crippen LogP contribution is 2.12. The van der Waals surface area contributed by atoms with Crippen LogP contribution in [0, 0.1) is 5.92 Å². The second-order valence-electron chi connectivity index (χ2n) is 3.53. The molecule has 0 amide bonds. The number of hydrogen-bond acceptors (Lipinski definition) is 5. The summed E-state index contributed by atoms with van der Waals surface area (Å²) in [6.07, 6.45) is 0.973. The van der Waals surface area contributed by atoms with E-state index in [-0.39, 0.29) is 24.5 Å². The summed E-state index contributed by atoms with van der Waals surface area (Å²) < 4.78 is 16.3. The first-order valence-corrected chi connectivity index (χ1v) is 7.67. The molecule has 0 aromatic heterocycles. The van der Waals surface area contributed by atoms with Gasteiger partial charge in [0, 0.05) is 25.7 Å². The highest BCUT2D eigenvalue weighted by molar-refractivity contribution is 6.60. The van der Waals surface area contributed by atoms with Crippen LogP contribution in [0.5, 0.6) is 0 Å². The van der Waals surface area contributed by atoms with E-state index in [0.29, 0.717) is 13.2 Å². The van der Waals surface area contributed by atoms with Gasteiger partial charge in [-0.3, -0.25) is 4.79 Å². The molecule has 1 N–H and O–H groups in total. The Kier molecular flexibility index (Phi) is 8.27. The quantitative estimate of drug-likeness (QED) is 0.469. The third kappa shape index (κ3) is 5.56. The van der Waals surface area contributed by atoms with Crippen LogP contribution in [0.2, 0.25) is 0 Å². The molecule has 17 heavy (non-hydrogen) atoms. The van der Waals surface area contributed by atoms with E-state index in [0.717, 1.165) is 0 Å². The van der Waals surface area contributed by atoms with Gasteiger partial charge in [0.25, 0.3) is 0 Å². The molecule has 0 saturated heterocycles. The van der Waals surface area contributed by atoms with Crippen LogP contribution in [0.15, 0.2) is 12.7 Å². The molecule has 0 rings (SSSR count). The van der Waals surface area contributed by atoms with E-state index in [1.807, 2.05) is 0 Å². The van der Waals surface area contributed by atoms with Crippen molar-refractivity contribution in [3.8, 4) is 0 Å². The van der Waals surface area contributed by atoms with Gasteiger partial charge in [-0.05, 0) is 19.9 Å². The fourth-order valence-corrected chi connectivity index (χ4v) is 3.14. The van der Waals surface area contributed by atoms with E-state index in [9.17, 15) is 9.90 Å². The number of rotatable bonds is 10. The highest BCUT2D eigenvalue weighted by atomic mass is 28.4. The molecule has 0 aliphatic carbocycles. The summed E-state index contributed by atoms with van der Waals surface area (Å²) in [5.74, 6) is -0.411. The molecule has 0 radical (unpaired) electrons. The van der Waals surface area contributed by atoms with E-state index in [4.69, 9.17) is 13.3 Å². The molecule has 0 aliphatic rings. The Bertz CT molecular complexity index is 238. The van der Waals surface area contributed by atoms with E-state index < -0.39 is 8.80 Å². The summed E-state index contributed by atoms with van der Waals surface area (Å²) in [5, 5.41) is 9.33. The number of ketones is 1. The molecule has 1 unspecified atom stereocenters. The molecule has 1 atom stereocenters. The summed E-state index contributed by atoms with van der Waals surface area (Å²) in [6, 6.07) is 0. The van der Waals surface area contributed by atoms with Crippen molar-refractivity contribution < 1.29 is 23.2 Å². The molecular formula is C11H22O5Si. The fraction of sp³-hybridized carbons (Fsp3) is 0.727. The number of hydrogen-bond donors (Lipinski definition) is 1.